The molecule has 0 bridgehead atoms. The predicted octanol–water partition coefficient (Wildman–Crippen LogP) is 6.05. The number of hydrogen-bond donors (Lipinski definition) is 0. The van der Waals surface area contributed by atoms with E-state index in [4.69, 9.17) is 0 Å². The molecule has 0 amide bonds. The summed E-state index contributed by atoms with van der Waals surface area (Å²) in [5.74, 6) is 1.42. The summed E-state index contributed by atoms with van der Waals surface area (Å²) < 4.78 is 13.8. The summed E-state index contributed by atoms with van der Waals surface area (Å²) in [5, 5.41) is 0. The van der Waals surface area contributed by atoms with Gasteiger partial charge in [0, 0.05) is 0 Å². The molecule has 3 rings (SSSR count). The first-order chi connectivity index (χ1) is 10.6. The van der Waals surface area contributed by atoms with Gasteiger partial charge < -0.3 is 0 Å². The van der Waals surface area contributed by atoms with Gasteiger partial charge in [0.15, 0.2) is 0 Å². The average Bonchev–Trinajstić information content (AvgIpc) is 2.64. The van der Waals surface area contributed by atoms with Crippen molar-refractivity contribution in [1.82, 2.24) is 0 Å². The van der Waals surface area contributed by atoms with E-state index in [2.05, 4.69) is 45.0 Å². The van der Waals surface area contributed by atoms with Crippen LogP contribution in [0.25, 0.3) is 0 Å². The Kier molecular flexibility index (Phi) is 4.33. The van der Waals surface area contributed by atoms with Crippen LogP contribution >= 0.6 is 0 Å². The lowest BCUT2D eigenvalue weighted by Crippen LogP contribution is -2.12. The third kappa shape index (κ3) is 2.82. The zero-order valence-electron chi connectivity index (χ0n) is 13.8. The molecule has 0 unspecified atom stereocenters. The summed E-state index contributed by atoms with van der Waals surface area (Å²) >= 11 is 0. The van der Waals surface area contributed by atoms with Gasteiger partial charge in [0.25, 0.3) is 0 Å². The predicted molar refractivity (Wildman–Crippen MR) is 90.9 cm³/mol. The van der Waals surface area contributed by atoms with Crippen molar-refractivity contribution in [3.8, 4) is 0 Å². The fourth-order valence-electron chi connectivity index (χ4n) is 3.83. The van der Waals surface area contributed by atoms with Crippen molar-refractivity contribution >= 4 is 0 Å². The van der Waals surface area contributed by atoms with Crippen LogP contribution in [0.15, 0.2) is 42.5 Å². The van der Waals surface area contributed by atoms with E-state index in [1.807, 2.05) is 6.07 Å². The van der Waals surface area contributed by atoms with Crippen molar-refractivity contribution in [2.24, 2.45) is 5.92 Å². The Bertz CT molecular complexity index is 659. The number of benzene rings is 2. The maximum absolute atomic E-state index is 13.8. The summed E-state index contributed by atoms with van der Waals surface area (Å²) in [7, 11) is 0. The molecule has 0 aliphatic heterocycles. The van der Waals surface area contributed by atoms with Gasteiger partial charge in [0.2, 0.25) is 0 Å². The molecule has 2 aromatic carbocycles. The number of hydrogen-bond acceptors (Lipinski definition) is 0. The van der Waals surface area contributed by atoms with E-state index in [-0.39, 0.29) is 5.82 Å². The molecule has 0 spiro atoms. The minimum atomic E-state index is -0.112. The lowest BCUT2D eigenvalue weighted by molar-refractivity contribution is 0.418. The Balaban J connectivity index is 2.11. The molecule has 1 aliphatic carbocycles. The van der Waals surface area contributed by atoms with Crippen LogP contribution in [0.1, 0.15) is 67.7 Å². The molecule has 3 atom stereocenters. The average molecular weight is 296 g/mol. The van der Waals surface area contributed by atoms with Crippen molar-refractivity contribution < 1.29 is 4.39 Å². The zero-order valence-corrected chi connectivity index (χ0v) is 13.8. The Morgan fingerprint density at radius 1 is 1.09 bits per heavy atom. The lowest BCUT2D eigenvalue weighted by Gasteiger charge is -2.27. The Hall–Kier alpha value is -1.63. The van der Waals surface area contributed by atoms with E-state index >= 15 is 0 Å². The molecule has 0 saturated carbocycles. The summed E-state index contributed by atoms with van der Waals surface area (Å²) in [6, 6.07) is 14.1. The quantitative estimate of drug-likeness (QED) is 0.646. The molecule has 116 valence electrons. The Morgan fingerprint density at radius 2 is 1.82 bits per heavy atom. The molecular formula is C21H25F. The fraction of sp³-hybridized carbons (Fsp3) is 0.429. The molecule has 0 radical (unpaired) electrons. The second-order valence-corrected chi connectivity index (χ2v) is 6.86. The lowest BCUT2D eigenvalue weighted by atomic mass is 9.77. The molecule has 0 heterocycles. The summed E-state index contributed by atoms with van der Waals surface area (Å²) in [6.07, 6.45) is 3.29. The molecule has 0 nitrogen and oxygen atoms in total. The second kappa shape index (κ2) is 6.24. The van der Waals surface area contributed by atoms with E-state index in [1.54, 1.807) is 12.1 Å². The molecule has 1 aliphatic rings. The van der Waals surface area contributed by atoms with Gasteiger partial charge >= 0.3 is 0 Å². The van der Waals surface area contributed by atoms with Gasteiger partial charge in [-0.15, -0.1) is 0 Å². The normalized spacial score (nSPS) is 21.6. The van der Waals surface area contributed by atoms with Gasteiger partial charge in [-0.05, 0) is 65.0 Å². The Labute approximate surface area is 133 Å². The maximum atomic E-state index is 13.8. The molecule has 2 aromatic rings. The van der Waals surface area contributed by atoms with E-state index in [1.165, 1.54) is 35.1 Å². The largest absolute Gasteiger partial charge is 0.207 e. The van der Waals surface area contributed by atoms with Crippen molar-refractivity contribution in [2.75, 3.05) is 0 Å². The SMILES string of the molecule is CC[C@H](C)C[C@@H]1c2ccccc2Cc2ccc(F)cc2[C@@H]1C. The highest BCUT2D eigenvalue weighted by atomic mass is 19.1. The first-order valence-electron chi connectivity index (χ1n) is 8.46. The minimum absolute atomic E-state index is 0.112. The molecule has 0 saturated heterocycles. The van der Waals surface area contributed by atoms with E-state index < -0.39 is 0 Å². The van der Waals surface area contributed by atoms with Crippen molar-refractivity contribution in [2.45, 2.75) is 51.9 Å². The smallest absolute Gasteiger partial charge is 0.123 e. The molecule has 22 heavy (non-hydrogen) atoms. The van der Waals surface area contributed by atoms with Gasteiger partial charge in [0.05, 0.1) is 0 Å². The summed E-state index contributed by atoms with van der Waals surface area (Å²) in [6.45, 7) is 6.85. The van der Waals surface area contributed by atoms with E-state index in [0.717, 1.165) is 6.42 Å². The molecular weight excluding hydrogens is 271 g/mol. The monoisotopic (exact) mass is 296 g/mol. The number of fused-ring (bicyclic) bond motifs is 2. The van der Waals surface area contributed by atoms with Crippen LogP contribution < -0.4 is 0 Å². The Morgan fingerprint density at radius 3 is 2.59 bits per heavy atom. The van der Waals surface area contributed by atoms with Crippen molar-refractivity contribution in [1.29, 1.82) is 0 Å². The fourth-order valence-corrected chi connectivity index (χ4v) is 3.83. The first-order valence-corrected chi connectivity index (χ1v) is 8.46. The third-order valence-electron chi connectivity index (χ3n) is 5.39. The van der Waals surface area contributed by atoms with Crippen LogP contribution in [0, 0.1) is 11.7 Å². The summed E-state index contributed by atoms with van der Waals surface area (Å²) in [4.78, 5) is 0. The topological polar surface area (TPSA) is 0 Å². The third-order valence-corrected chi connectivity index (χ3v) is 5.39. The van der Waals surface area contributed by atoms with E-state index in [9.17, 15) is 4.39 Å². The van der Waals surface area contributed by atoms with Gasteiger partial charge in [0.1, 0.15) is 5.82 Å². The molecule has 0 aromatic heterocycles. The van der Waals surface area contributed by atoms with Gasteiger partial charge in [-0.3, -0.25) is 0 Å². The maximum Gasteiger partial charge on any atom is 0.123 e. The zero-order chi connectivity index (χ0) is 15.7. The minimum Gasteiger partial charge on any atom is -0.207 e. The van der Waals surface area contributed by atoms with Crippen LogP contribution in [0.2, 0.25) is 0 Å². The number of rotatable bonds is 3. The van der Waals surface area contributed by atoms with Gasteiger partial charge in [-0.25, -0.2) is 4.39 Å². The van der Waals surface area contributed by atoms with Crippen LogP contribution in [-0.4, -0.2) is 0 Å². The van der Waals surface area contributed by atoms with Crippen molar-refractivity contribution in [3.63, 3.8) is 0 Å². The van der Waals surface area contributed by atoms with E-state index in [0.29, 0.717) is 17.8 Å². The highest BCUT2D eigenvalue weighted by molar-refractivity contribution is 5.45. The molecule has 1 heteroatoms. The summed E-state index contributed by atoms with van der Waals surface area (Å²) in [5.41, 5.74) is 5.36. The van der Waals surface area contributed by atoms with Crippen LogP contribution in [0.4, 0.5) is 4.39 Å². The molecule has 0 fully saturated rings. The highest BCUT2D eigenvalue weighted by Crippen LogP contribution is 2.44. The van der Waals surface area contributed by atoms with Crippen molar-refractivity contribution in [3.05, 3.63) is 70.5 Å². The van der Waals surface area contributed by atoms with Gasteiger partial charge in [-0.2, -0.15) is 0 Å². The molecule has 0 N–H and O–H groups in total. The highest BCUT2D eigenvalue weighted by Gasteiger charge is 2.29. The van der Waals surface area contributed by atoms with Gasteiger partial charge in [-0.1, -0.05) is 57.5 Å². The first kappa shape index (κ1) is 15.3. The van der Waals surface area contributed by atoms with Crippen LogP contribution in [0.3, 0.4) is 0 Å². The standard InChI is InChI=1S/C21H25F/c1-4-14(2)11-21-15(3)20-13-18(22)10-9-17(20)12-16-7-5-6-8-19(16)21/h5-10,13-15,21H,4,11-12H2,1-3H3/t14-,15-,21-/m0/s1. The number of halogens is 1. The van der Waals surface area contributed by atoms with Crippen LogP contribution in [0.5, 0.6) is 0 Å². The second-order valence-electron chi connectivity index (χ2n) is 6.86. The van der Waals surface area contributed by atoms with Crippen LogP contribution in [-0.2, 0) is 6.42 Å².